The van der Waals surface area contributed by atoms with Gasteiger partial charge in [-0.2, -0.15) is 0 Å². The number of carboxylic acids is 1. The van der Waals surface area contributed by atoms with E-state index in [0.717, 1.165) is 97.6 Å². The number of amides is 10. The Balaban J connectivity index is 0.000000177. The summed E-state index contributed by atoms with van der Waals surface area (Å²) in [5.41, 5.74) is 11.3. The number of ether oxygens (including phenoxy) is 2. The summed E-state index contributed by atoms with van der Waals surface area (Å²) in [7, 11) is 0. The van der Waals surface area contributed by atoms with Crippen LogP contribution in [0, 0.1) is 23.7 Å². The van der Waals surface area contributed by atoms with Crippen molar-refractivity contribution in [3.63, 3.8) is 0 Å². The summed E-state index contributed by atoms with van der Waals surface area (Å²) in [5.74, 6) is -0.733. The van der Waals surface area contributed by atoms with Crippen LogP contribution in [0.5, 0.6) is 0 Å². The number of nitrogens with two attached hydrogens (primary N) is 1. The molecule has 26 nitrogen and oxygen atoms in total. The molecule has 0 aliphatic carbocycles. The predicted molar refractivity (Wildman–Crippen MR) is 496 cm³/mol. The average molecular weight is 1880 g/mol. The fourth-order valence-corrected chi connectivity index (χ4v) is 17.9. The topological polar surface area (TPSA) is 358 Å². The first-order valence-electron chi connectivity index (χ1n) is 40.1. The molecule has 11 N–H and O–H groups in total. The van der Waals surface area contributed by atoms with Gasteiger partial charge in [0, 0.05) is 122 Å². The summed E-state index contributed by atoms with van der Waals surface area (Å²) in [6.45, 7) is 21.2. The molecule has 8 aromatic carbocycles. The number of nitrogens with zero attached hydrogens (tertiary/aromatic N) is 3. The van der Waals surface area contributed by atoms with Crippen molar-refractivity contribution in [3.05, 3.63) is 214 Å². The largest absolute Gasteiger partial charge is 0.478 e. The van der Waals surface area contributed by atoms with E-state index in [-0.39, 0.29) is 99.9 Å². The lowest BCUT2D eigenvalue weighted by Gasteiger charge is -2.24. The number of benzene rings is 8. The Bertz CT molecular complexity index is 5230. The molecule has 4 fully saturated rings. The van der Waals surface area contributed by atoms with Gasteiger partial charge in [-0.25, -0.2) is 14.4 Å². The second kappa shape index (κ2) is 47.2. The van der Waals surface area contributed by atoms with Crippen molar-refractivity contribution >= 4 is 194 Å². The molecule has 8 heterocycles. The van der Waals surface area contributed by atoms with Gasteiger partial charge in [0.1, 0.15) is 11.2 Å². The van der Waals surface area contributed by atoms with E-state index in [9.17, 15) is 52.7 Å². The Morgan fingerprint density at radius 3 is 1.00 bits per heavy atom. The molecule has 4 unspecified atom stereocenters. The number of hydrogen-bond donors (Lipinski definition) is 10. The highest BCUT2D eigenvalue weighted by molar-refractivity contribution is 8.00. The minimum absolute atomic E-state index is 0. The Kier molecular flexibility index (Phi) is 37.4. The summed E-state index contributed by atoms with van der Waals surface area (Å²) in [6.07, 6.45) is 3.27. The second-order valence-corrected chi connectivity index (χ2v) is 37.5. The number of carbonyl (C=O) groups excluding carboxylic acids is 10. The van der Waals surface area contributed by atoms with Crippen LogP contribution in [0.4, 0.5) is 32.3 Å². The van der Waals surface area contributed by atoms with Gasteiger partial charge in [-0.15, -0.1) is 58.8 Å². The fourth-order valence-electron chi connectivity index (χ4n) is 13.8. The van der Waals surface area contributed by atoms with Crippen LogP contribution in [0.15, 0.2) is 209 Å². The molecule has 125 heavy (non-hydrogen) atoms. The van der Waals surface area contributed by atoms with E-state index in [1.807, 2.05) is 144 Å². The number of hydrogen-bond acceptors (Lipinski definition) is 19. The highest BCUT2D eigenvalue weighted by Crippen LogP contribution is 2.44. The van der Waals surface area contributed by atoms with Crippen LogP contribution in [0.25, 0.3) is 0 Å². The van der Waals surface area contributed by atoms with Crippen LogP contribution in [0.2, 0.25) is 0 Å². The molecule has 0 spiro atoms. The zero-order valence-corrected chi connectivity index (χ0v) is 77.0. The first-order chi connectivity index (χ1) is 59.3. The molecule has 664 valence electrons. The molecular weight excluding hydrogens is 1780 g/mol. The van der Waals surface area contributed by atoms with Crippen molar-refractivity contribution in [1.82, 2.24) is 36.0 Å². The van der Waals surface area contributed by atoms with E-state index in [0.29, 0.717) is 119 Å². The SMILES string of the molecule is CC(=O)N1CCC(CNC(=O)c2ccc3c(c2)NC(=O)c2ccccc2S3)C1.CC(C)(C)OC(=O)N1CCC(CN)C1.CC(C)(C)OC(=O)N1CCC(CNC(=O)c2ccc3c(c2)NC(=O)c2ccccc2S3)C1.Cl.ClCCl.ClCCl.O=C(NCC1CCNC1)c1ccc2c(c1)NC(=O)c1ccccc1S2.O=C(O)c1ccc2c(c1)NC(=O)c1ccccc1S2. The first kappa shape index (κ1) is 99.1. The van der Waals surface area contributed by atoms with E-state index in [1.54, 1.807) is 77.4 Å². The molecule has 4 atom stereocenters. The van der Waals surface area contributed by atoms with E-state index < -0.39 is 17.2 Å². The summed E-state index contributed by atoms with van der Waals surface area (Å²) in [6, 6.07) is 50.6. The van der Waals surface area contributed by atoms with Gasteiger partial charge in [-0.3, -0.25) is 38.4 Å². The van der Waals surface area contributed by atoms with E-state index in [1.165, 1.54) is 59.2 Å². The lowest BCUT2D eigenvalue weighted by atomic mass is 10.1. The predicted octanol–water partition coefficient (Wildman–Crippen LogP) is 17.7. The van der Waals surface area contributed by atoms with Gasteiger partial charge >= 0.3 is 18.2 Å². The number of anilines is 4. The van der Waals surface area contributed by atoms with Crippen LogP contribution < -0.4 is 48.3 Å². The monoisotopic (exact) mass is 1880 g/mol. The Morgan fingerprint density at radius 2 is 0.712 bits per heavy atom. The van der Waals surface area contributed by atoms with E-state index >= 15 is 0 Å². The standard InChI is InChI=1S/C24H27N3O4S.C21H21N3O3S.C19H19N3O2S.C14H9NO3S.C10H20N2O2.2CH2Cl2.ClH/c1-24(2,3)31-23(30)27-11-10-15(14-27)13-25-21(28)16-8-9-20-18(12-16)26-22(29)17-6-4-5-7-19(17)32-20;1-13(25)24-9-8-14(12-24)11-22-20(26)15-6-7-19-17(10-15)23-21(27)16-4-2-3-5-18(16)28-19;23-18(21-11-12-7-8-20-10-12)13-5-6-17-15(9-13)22-19(24)14-3-1-2-4-16(14)25-17;16-13-9-3-1-2-4-11(9)19-12-6-5-8(14(17)18)7-10(12)15-13;1-10(2,3)14-9(13)12-5-4-8(6-11)7-12;2*2-1-3;/h4-9,12,15H,10-11,13-14H2,1-3H3,(H,25,28)(H,26,29);2-7,10,14H,8-9,11-12H2,1H3,(H,22,26)(H,23,27);1-6,9,12,20H,7-8,10-11H2,(H,21,23)(H,22,24);1-7H,(H,15,16)(H,17,18);8H,4-7,11H2,1-3H3;2*1H2;1H. The van der Waals surface area contributed by atoms with Gasteiger partial charge in [0.2, 0.25) is 5.91 Å². The number of carboxylic acid groups (broad SMARTS) is 1. The molecule has 8 aromatic rings. The molecule has 0 aromatic heterocycles. The summed E-state index contributed by atoms with van der Waals surface area (Å²) in [5, 5.41) is 33.1. The molecule has 0 bridgehead atoms. The molecule has 8 aliphatic rings. The minimum atomic E-state index is -1.01. The maximum atomic E-state index is 12.7. The van der Waals surface area contributed by atoms with Gasteiger partial charge in [0.25, 0.3) is 41.4 Å². The molecule has 8 aliphatic heterocycles. The minimum Gasteiger partial charge on any atom is -0.478 e. The first-order valence-corrected chi connectivity index (χ1v) is 45.5. The van der Waals surface area contributed by atoms with E-state index in [4.69, 9.17) is 66.7 Å². The summed E-state index contributed by atoms with van der Waals surface area (Å²) in [4.78, 5) is 146. The number of halogens is 5. The van der Waals surface area contributed by atoms with Gasteiger partial charge in [0.05, 0.1) is 61.2 Å². The summed E-state index contributed by atoms with van der Waals surface area (Å²) >= 11 is 25.1. The van der Waals surface area contributed by atoms with Crippen LogP contribution in [-0.4, -0.2) is 186 Å². The molecule has 0 saturated carbocycles. The second-order valence-electron chi connectivity index (χ2n) is 31.6. The molecule has 10 amide bonds. The Hall–Kier alpha value is -9.70. The lowest BCUT2D eigenvalue weighted by Crippen LogP contribution is -2.36. The highest BCUT2D eigenvalue weighted by Gasteiger charge is 2.34. The number of aromatic carboxylic acids is 1. The number of fused-ring (bicyclic) bond motifs is 8. The maximum Gasteiger partial charge on any atom is 0.410 e. The normalized spacial score (nSPS) is 17.1. The van der Waals surface area contributed by atoms with Crippen LogP contribution in [0.3, 0.4) is 0 Å². The average Bonchev–Trinajstić information content (AvgIpc) is 1.67. The molecular formula is C90H101Cl5N12O14S4. The van der Waals surface area contributed by atoms with Crippen molar-refractivity contribution in [2.45, 2.75) is 125 Å². The van der Waals surface area contributed by atoms with Crippen molar-refractivity contribution < 1.29 is 67.3 Å². The molecule has 4 saturated heterocycles. The number of likely N-dealkylation sites (tertiary alicyclic amines) is 3. The van der Waals surface area contributed by atoms with Crippen LogP contribution >= 0.6 is 106 Å². The quantitative estimate of drug-likeness (QED) is 0.0538. The van der Waals surface area contributed by atoms with Gasteiger partial charge < -0.3 is 77.5 Å². The number of nitrogens with one attached hydrogen (secondary N) is 8. The van der Waals surface area contributed by atoms with E-state index in [2.05, 4.69) is 42.5 Å². The van der Waals surface area contributed by atoms with Gasteiger partial charge in [0.15, 0.2) is 0 Å². The van der Waals surface area contributed by atoms with Crippen molar-refractivity contribution in [2.24, 2.45) is 29.4 Å². The molecule has 0 radical (unpaired) electrons. The van der Waals surface area contributed by atoms with Gasteiger partial charge in [-0.1, -0.05) is 95.6 Å². The fraction of sp³-hybridized carbons (Fsp3) is 0.344. The number of rotatable bonds is 11. The Morgan fingerprint density at radius 1 is 0.424 bits per heavy atom. The lowest BCUT2D eigenvalue weighted by molar-refractivity contribution is -0.127. The highest BCUT2D eigenvalue weighted by atomic mass is 35.5. The smallest absolute Gasteiger partial charge is 0.410 e. The van der Waals surface area contributed by atoms with Crippen LogP contribution in [-0.2, 0) is 14.3 Å². The zero-order chi connectivity index (χ0) is 89.4. The van der Waals surface area contributed by atoms with Crippen LogP contribution in [0.1, 0.15) is 157 Å². The van der Waals surface area contributed by atoms with Crippen molar-refractivity contribution in [3.8, 4) is 0 Å². The maximum absolute atomic E-state index is 12.7. The third-order valence-corrected chi connectivity index (χ3v) is 24.7. The van der Waals surface area contributed by atoms with Crippen molar-refractivity contribution in [2.75, 3.05) is 110 Å². The number of carbonyl (C=O) groups is 11. The summed E-state index contributed by atoms with van der Waals surface area (Å²) < 4.78 is 10.7. The third kappa shape index (κ3) is 28.9. The molecule has 35 heteroatoms. The van der Waals surface area contributed by atoms with Gasteiger partial charge in [-0.05, 0) is 232 Å². The number of alkyl halides is 4. The third-order valence-electron chi connectivity index (χ3n) is 20.1. The molecule has 16 rings (SSSR count). The Labute approximate surface area is 770 Å². The zero-order valence-electron chi connectivity index (χ0n) is 69.9. The van der Waals surface area contributed by atoms with Crippen molar-refractivity contribution in [1.29, 1.82) is 0 Å².